The van der Waals surface area contributed by atoms with Crippen molar-refractivity contribution in [2.75, 3.05) is 0 Å². The van der Waals surface area contributed by atoms with Crippen molar-refractivity contribution < 1.29 is 33.6 Å². The molecule has 0 spiro atoms. The van der Waals surface area contributed by atoms with Crippen LogP contribution >= 0.6 is 20.2 Å². The summed E-state index contributed by atoms with van der Waals surface area (Å²) in [4.78, 5) is 0. The van der Waals surface area contributed by atoms with E-state index in [4.69, 9.17) is 2.51 Å². The van der Waals surface area contributed by atoms with Crippen LogP contribution in [0.15, 0.2) is 48.5 Å². The van der Waals surface area contributed by atoms with Gasteiger partial charge in [0, 0.05) is 0 Å². The molecule has 1 N–H and O–H groups in total. The molecule has 0 saturated heterocycles. The Morgan fingerprint density at radius 1 is 0.744 bits per heavy atom. The number of fused-ring (bicyclic) bond motifs is 2. The summed E-state index contributed by atoms with van der Waals surface area (Å²) in [5, 5.41) is 4.48. The van der Waals surface area contributed by atoms with Crippen molar-refractivity contribution in [1.29, 1.82) is 0 Å². The van der Waals surface area contributed by atoms with Gasteiger partial charge >= 0.3 is 237 Å². The van der Waals surface area contributed by atoms with Gasteiger partial charge in [0.1, 0.15) is 0 Å². The Hall–Kier alpha value is -1.24. The van der Waals surface area contributed by atoms with Gasteiger partial charge in [-0.05, 0) is 0 Å². The van der Waals surface area contributed by atoms with Crippen molar-refractivity contribution in [3.63, 3.8) is 0 Å². The second-order valence-electron chi connectivity index (χ2n) is 12.8. The fourth-order valence-corrected chi connectivity index (χ4v) is 12.5. The first-order chi connectivity index (χ1) is 17.8. The van der Waals surface area contributed by atoms with Crippen LogP contribution in [0.1, 0.15) is 71.9 Å². The Balaban J connectivity index is 1.70. The number of hydrogen-bond donors (Lipinski definition) is 1. The summed E-state index contributed by atoms with van der Waals surface area (Å²) >= 11 is -3.63. The Kier molecular flexibility index (Phi) is 8.06. The number of rotatable bonds is 7. The Morgan fingerprint density at radius 3 is 1.51 bits per heavy atom. The minimum absolute atomic E-state index is 0.0271. The van der Waals surface area contributed by atoms with Gasteiger partial charge in [-0.3, -0.25) is 0 Å². The predicted molar refractivity (Wildman–Crippen MR) is 152 cm³/mol. The number of aliphatic hydroxyl groups excluding tert-OH is 1. The summed E-state index contributed by atoms with van der Waals surface area (Å²) < 4.78 is 93.6. The van der Waals surface area contributed by atoms with Crippen LogP contribution in [0.2, 0.25) is 0 Å². The molecule has 2 saturated carbocycles. The van der Waals surface area contributed by atoms with Crippen LogP contribution in [0.4, 0.5) is 17.6 Å². The third-order valence-corrected chi connectivity index (χ3v) is 15.3. The van der Waals surface area contributed by atoms with Crippen LogP contribution in [0.5, 0.6) is 0 Å². The van der Waals surface area contributed by atoms with Crippen molar-refractivity contribution in [2.45, 2.75) is 88.9 Å². The van der Waals surface area contributed by atoms with E-state index in [1.54, 1.807) is 48.5 Å². The first-order valence-corrected chi connectivity index (χ1v) is 17.5. The van der Waals surface area contributed by atoms with Crippen LogP contribution in [0.25, 0.3) is 0 Å². The van der Waals surface area contributed by atoms with Crippen molar-refractivity contribution in [3.05, 3.63) is 66.8 Å². The van der Waals surface area contributed by atoms with E-state index in [0.717, 1.165) is 11.1 Å². The average molecular weight is 685 g/mol. The summed E-state index contributed by atoms with van der Waals surface area (Å²) in [6, 6.07) is 13.7. The maximum atomic E-state index is 15.4. The summed E-state index contributed by atoms with van der Waals surface area (Å²) in [5.41, 5.74) is 1.48. The molecule has 0 aliphatic heterocycles. The van der Waals surface area contributed by atoms with Crippen LogP contribution in [0.3, 0.4) is 0 Å². The first kappa shape index (κ1) is 30.7. The molecule has 218 valence electrons. The molecule has 4 atom stereocenters. The third-order valence-electron chi connectivity index (χ3n) is 7.95. The number of benzene rings is 2. The van der Waals surface area contributed by atoms with Crippen LogP contribution in [-0.4, -0.2) is 30.8 Å². The SMILES string of the molecule is CC(C)(C)c1ccc(I(OS(=O)(=O)C(F)(F)C(F)(F)C2CC3CC2CC3O)c2ccc(C(C)(C)C)cc2)cc1. The molecule has 39 heavy (non-hydrogen) atoms. The minimum atomic E-state index is -6.03. The third kappa shape index (κ3) is 5.77. The molecule has 4 rings (SSSR count). The molecule has 0 aromatic heterocycles. The summed E-state index contributed by atoms with van der Waals surface area (Å²) in [5.74, 6) is -8.04. The standard InChI is InChI=1S/C29H37F4IO4S/c1-26(2,3)20-7-11-22(12-8-20)34(23-13-9-21(10-14-23)27(4,5)6)38-39(36,37)29(32,33)28(30,31)24-16-19-15-18(24)17-25(19)35/h7-14,18-19,24-25,35H,15-17H2,1-6H3. The number of hydrogen-bond acceptors (Lipinski definition) is 4. The zero-order valence-corrected chi connectivity index (χ0v) is 26.0. The van der Waals surface area contributed by atoms with Gasteiger partial charge in [-0.25, -0.2) is 0 Å². The quantitative estimate of drug-likeness (QED) is 0.240. The fraction of sp³-hybridized carbons (Fsp3) is 0.586. The summed E-state index contributed by atoms with van der Waals surface area (Å²) in [7, 11) is -6.03. The Labute approximate surface area is 236 Å². The molecule has 2 aromatic rings. The van der Waals surface area contributed by atoms with Gasteiger partial charge in [0.2, 0.25) is 0 Å². The number of halogens is 5. The van der Waals surface area contributed by atoms with E-state index in [0.29, 0.717) is 7.14 Å². The van der Waals surface area contributed by atoms with E-state index in [1.165, 1.54) is 0 Å². The second kappa shape index (κ2) is 10.2. The molecule has 0 amide bonds. The first-order valence-electron chi connectivity index (χ1n) is 13.0. The van der Waals surface area contributed by atoms with Crippen molar-refractivity contribution in [3.8, 4) is 0 Å². The van der Waals surface area contributed by atoms with E-state index in [9.17, 15) is 13.5 Å². The molecular formula is C29H37F4IO4S. The van der Waals surface area contributed by atoms with E-state index >= 15 is 17.6 Å². The molecule has 10 heteroatoms. The van der Waals surface area contributed by atoms with Gasteiger partial charge in [-0.1, -0.05) is 0 Å². The van der Waals surface area contributed by atoms with E-state index in [1.807, 2.05) is 41.5 Å². The molecule has 4 unspecified atom stereocenters. The van der Waals surface area contributed by atoms with Gasteiger partial charge in [0.05, 0.1) is 0 Å². The maximum absolute atomic E-state index is 15.4. The molecule has 4 nitrogen and oxygen atoms in total. The Morgan fingerprint density at radius 2 is 1.18 bits per heavy atom. The van der Waals surface area contributed by atoms with Gasteiger partial charge in [0.25, 0.3) is 0 Å². The van der Waals surface area contributed by atoms with Crippen molar-refractivity contribution in [1.82, 2.24) is 0 Å². The molecule has 0 heterocycles. The monoisotopic (exact) mass is 684 g/mol. The van der Waals surface area contributed by atoms with Gasteiger partial charge < -0.3 is 0 Å². The number of alkyl halides is 4. The van der Waals surface area contributed by atoms with E-state index < -0.39 is 65.4 Å². The summed E-state index contributed by atoms with van der Waals surface area (Å²) in [6.07, 6.45) is -0.986. The van der Waals surface area contributed by atoms with Crippen LogP contribution < -0.4 is 0 Å². The molecule has 2 bridgehead atoms. The fourth-order valence-electron chi connectivity index (χ4n) is 5.52. The molecule has 2 fully saturated rings. The van der Waals surface area contributed by atoms with Crippen LogP contribution in [-0.2, 0) is 23.5 Å². The molecule has 2 aromatic carbocycles. The van der Waals surface area contributed by atoms with E-state index in [-0.39, 0.29) is 30.1 Å². The van der Waals surface area contributed by atoms with Gasteiger partial charge in [-0.2, -0.15) is 0 Å². The van der Waals surface area contributed by atoms with Crippen LogP contribution in [0, 0.1) is 24.9 Å². The van der Waals surface area contributed by atoms with E-state index in [2.05, 4.69) is 0 Å². The Bertz CT molecular complexity index is 1220. The topological polar surface area (TPSA) is 63.6 Å². The molecule has 0 radical (unpaired) electrons. The second-order valence-corrected chi connectivity index (χ2v) is 19.4. The normalized spacial score (nSPS) is 24.7. The zero-order valence-electron chi connectivity index (χ0n) is 23.0. The van der Waals surface area contributed by atoms with Crippen molar-refractivity contribution >= 4 is 30.4 Å². The zero-order chi connectivity index (χ0) is 29.2. The van der Waals surface area contributed by atoms with Crippen molar-refractivity contribution in [2.24, 2.45) is 17.8 Å². The molecule has 2 aliphatic rings. The number of aliphatic hydroxyl groups is 1. The summed E-state index contributed by atoms with van der Waals surface area (Å²) in [6.45, 7) is 12.0. The average Bonchev–Trinajstić information content (AvgIpc) is 3.41. The van der Waals surface area contributed by atoms with Gasteiger partial charge in [-0.15, -0.1) is 0 Å². The predicted octanol–water partition coefficient (Wildman–Crippen LogP) is 7.72. The van der Waals surface area contributed by atoms with Gasteiger partial charge in [0.15, 0.2) is 0 Å². The molecule has 2 aliphatic carbocycles. The molecular weight excluding hydrogens is 647 g/mol.